The van der Waals surface area contributed by atoms with Crippen molar-refractivity contribution >= 4 is 17.2 Å². The molecule has 0 radical (unpaired) electrons. The molecule has 0 atom stereocenters. The maximum atomic E-state index is 13.0. The first-order chi connectivity index (χ1) is 17.9. The van der Waals surface area contributed by atoms with Gasteiger partial charge in [0.15, 0.2) is 5.82 Å². The first-order valence-electron chi connectivity index (χ1n) is 13.8. The predicted octanol–water partition coefficient (Wildman–Crippen LogP) is 6.01. The van der Waals surface area contributed by atoms with E-state index in [9.17, 15) is 4.79 Å². The second-order valence-corrected chi connectivity index (χ2v) is 11.5. The number of hydrogen-bond donors (Lipinski definition) is 2. The van der Waals surface area contributed by atoms with Gasteiger partial charge in [-0.3, -0.25) is 4.79 Å². The van der Waals surface area contributed by atoms with E-state index in [4.69, 9.17) is 10.00 Å². The van der Waals surface area contributed by atoms with Gasteiger partial charge in [-0.25, -0.2) is 4.98 Å². The van der Waals surface area contributed by atoms with Gasteiger partial charge in [0.05, 0.1) is 18.4 Å². The van der Waals surface area contributed by atoms with Gasteiger partial charge >= 0.3 is 0 Å². The molecule has 1 spiro atoms. The molecule has 7 nitrogen and oxygen atoms in total. The molecule has 0 saturated heterocycles. The van der Waals surface area contributed by atoms with Crippen LogP contribution in [0.1, 0.15) is 98.1 Å². The smallest absolute Gasteiger partial charge is 0.291 e. The highest BCUT2D eigenvalue weighted by molar-refractivity contribution is 6.03. The third-order valence-electron chi connectivity index (χ3n) is 8.75. The van der Waals surface area contributed by atoms with Gasteiger partial charge in [-0.05, 0) is 87.7 Å². The third kappa shape index (κ3) is 5.51. The van der Waals surface area contributed by atoms with E-state index in [-0.39, 0.29) is 23.0 Å². The number of imidazole rings is 1. The molecule has 5 rings (SSSR count). The van der Waals surface area contributed by atoms with Crippen LogP contribution >= 0.6 is 0 Å². The van der Waals surface area contributed by atoms with E-state index in [0.29, 0.717) is 12.0 Å². The number of likely N-dealkylation sites (N-methyl/N-ethyl adjacent to an activating group) is 1. The Morgan fingerprint density at radius 2 is 1.92 bits per heavy atom. The Bertz CT molecular complexity index is 1190. The maximum Gasteiger partial charge on any atom is 0.291 e. The minimum Gasteiger partial charge on any atom is -0.369 e. The van der Waals surface area contributed by atoms with E-state index in [1.807, 2.05) is 12.1 Å². The van der Waals surface area contributed by atoms with E-state index in [2.05, 4.69) is 52.5 Å². The van der Waals surface area contributed by atoms with E-state index >= 15 is 0 Å². The zero-order valence-corrected chi connectivity index (χ0v) is 22.2. The molecule has 196 valence electrons. The van der Waals surface area contributed by atoms with Crippen molar-refractivity contribution in [3.05, 3.63) is 53.1 Å². The molecule has 0 bridgehead atoms. The fraction of sp³-hybridized carbons (Fsp3) is 0.567. The number of rotatable bonds is 8. The van der Waals surface area contributed by atoms with Gasteiger partial charge in [-0.15, -0.1) is 0 Å². The summed E-state index contributed by atoms with van der Waals surface area (Å²) in [5, 5.41) is 12.2. The van der Waals surface area contributed by atoms with Gasteiger partial charge < -0.3 is 19.9 Å². The number of benzene rings is 1. The van der Waals surface area contributed by atoms with Crippen molar-refractivity contribution in [2.75, 3.05) is 32.6 Å². The molecule has 1 amide bonds. The van der Waals surface area contributed by atoms with E-state index in [0.717, 1.165) is 43.5 Å². The molecule has 0 unspecified atom stereocenters. The lowest BCUT2D eigenvalue weighted by Gasteiger charge is -2.34. The van der Waals surface area contributed by atoms with Crippen molar-refractivity contribution in [2.24, 2.45) is 5.41 Å². The number of anilines is 1. The quantitative estimate of drug-likeness (QED) is 0.462. The van der Waals surface area contributed by atoms with Crippen molar-refractivity contribution < 1.29 is 9.53 Å². The molecular formula is C30H39N5O2. The van der Waals surface area contributed by atoms with E-state index in [1.54, 1.807) is 0 Å². The van der Waals surface area contributed by atoms with E-state index < -0.39 is 0 Å². The van der Waals surface area contributed by atoms with Crippen LogP contribution in [0.5, 0.6) is 0 Å². The number of aromatic nitrogens is 2. The van der Waals surface area contributed by atoms with Crippen LogP contribution in [0, 0.1) is 16.7 Å². The molecule has 2 aromatic rings. The molecular weight excluding hydrogens is 462 g/mol. The summed E-state index contributed by atoms with van der Waals surface area (Å²) in [6.45, 7) is 1.59. The van der Waals surface area contributed by atoms with Gasteiger partial charge in [0.1, 0.15) is 11.8 Å². The Hall–Kier alpha value is -2.95. The van der Waals surface area contributed by atoms with Crippen LogP contribution in [-0.4, -0.2) is 48.0 Å². The second-order valence-electron chi connectivity index (χ2n) is 11.5. The Labute approximate surface area is 220 Å². The van der Waals surface area contributed by atoms with Crippen LogP contribution in [0.15, 0.2) is 30.5 Å². The molecule has 3 aliphatic carbocycles. The van der Waals surface area contributed by atoms with E-state index in [1.165, 1.54) is 62.3 Å². The van der Waals surface area contributed by atoms with Crippen molar-refractivity contribution in [3.63, 3.8) is 0 Å². The van der Waals surface area contributed by atoms with Crippen LogP contribution in [0.3, 0.4) is 0 Å². The van der Waals surface area contributed by atoms with Crippen molar-refractivity contribution in [1.82, 2.24) is 14.9 Å². The third-order valence-corrected chi connectivity index (χ3v) is 8.75. The summed E-state index contributed by atoms with van der Waals surface area (Å²) in [7, 11) is 4.15. The lowest BCUT2D eigenvalue weighted by Crippen LogP contribution is -2.30. The van der Waals surface area contributed by atoms with Crippen LogP contribution in [0.4, 0.5) is 5.69 Å². The first-order valence-corrected chi connectivity index (χ1v) is 13.8. The van der Waals surface area contributed by atoms with Crippen LogP contribution < -0.4 is 5.32 Å². The molecule has 2 saturated carbocycles. The highest BCUT2D eigenvalue weighted by Crippen LogP contribution is 2.51. The zero-order chi connectivity index (χ0) is 25.9. The van der Waals surface area contributed by atoms with Crippen LogP contribution in [0.25, 0.3) is 5.57 Å². The number of aromatic amines is 1. The van der Waals surface area contributed by atoms with Gasteiger partial charge in [0.2, 0.25) is 0 Å². The molecule has 37 heavy (non-hydrogen) atoms. The highest BCUT2D eigenvalue weighted by atomic mass is 16.5. The molecule has 3 aliphatic rings. The minimum absolute atomic E-state index is 0.147. The second kappa shape index (κ2) is 10.8. The summed E-state index contributed by atoms with van der Waals surface area (Å²) in [5.74, 6) is -0.189. The molecule has 1 aromatic heterocycles. The Morgan fingerprint density at radius 1 is 1.16 bits per heavy atom. The van der Waals surface area contributed by atoms with Crippen molar-refractivity contribution in [3.8, 4) is 6.07 Å². The topological polar surface area (TPSA) is 94.0 Å². The minimum atomic E-state index is -0.336. The standard InChI is InChI=1S/C30H39N5O2/c1-35(2)17-18-37-30(13-5-6-14-30)23-7-8-26(34-28(36)27-32-21-24(20-31)33-27)25(19-23)22-9-15-29(16-10-22)11-3-4-12-29/h7-9,19,21H,3-6,10-18H2,1-2H3,(H,32,33)(H,34,36). The van der Waals surface area contributed by atoms with Gasteiger partial charge in [0, 0.05) is 17.8 Å². The summed E-state index contributed by atoms with van der Waals surface area (Å²) in [5.41, 5.74) is 4.89. The number of hydrogen-bond acceptors (Lipinski definition) is 5. The summed E-state index contributed by atoms with van der Waals surface area (Å²) in [6.07, 6.45) is 16.9. The number of H-pyrrole nitrogens is 1. The molecule has 2 fully saturated rings. The number of nitrogens with zero attached hydrogens (tertiary/aromatic N) is 3. The highest BCUT2D eigenvalue weighted by Gasteiger charge is 2.38. The summed E-state index contributed by atoms with van der Waals surface area (Å²) >= 11 is 0. The fourth-order valence-electron chi connectivity index (χ4n) is 6.53. The molecule has 2 N–H and O–H groups in total. The van der Waals surface area contributed by atoms with Gasteiger partial charge in [0.25, 0.3) is 5.91 Å². The lowest BCUT2D eigenvalue weighted by atomic mass is 9.72. The lowest BCUT2D eigenvalue weighted by molar-refractivity contribution is -0.0500. The number of allylic oxidation sites excluding steroid dienone is 2. The maximum absolute atomic E-state index is 13.0. The Morgan fingerprint density at radius 3 is 2.57 bits per heavy atom. The number of nitrogens with one attached hydrogen (secondary N) is 2. The predicted molar refractivity (Wildman–Crippen MR) is 145 cm³/mol. The largest absolute Gasteiger partial charge is 0.369 e. The number of amides is 1. The van der Waals surface area contributed by atoms with Gasteiger partial charge in [-0.2, -0.15) is 5.26 Å². The van der Waals surface area contributed by atoms with Crippen molar-refractivity contribution in [2.45, 2.75) is 76.2 Å². The first kappa shape index (κ1) is 25.7. The average molecular weight is 502 g/mol. The SMILES string of the molecule is CN(C)CCOC1(c2ccc(NC(=O)c3ncc(C#N)[nH]3)c(C3=CCC4(CCCC4)CC3)c2)CCCC1. The monoisotopic (exact) mass is 501 g/mol. The number of ether oxygens (including phenoxy) is 1. The summed E-state index contributed by atoms with van der Waals surface area (Å²) in [6, 6.07) is 8.44. The summed E-state index contributed by atoms with van der Waals surface area (Å²) < 4.78 is 6.62. The average Bonchev–Trinajstić information content (AvgIpc) is 3.67. The number of nitriles is 1. The number of carbonyl (C=O) groups excluding carboxylic acids is 1. The molecule has 0 aliphatic heterocycles. The molecule has 1 aromatic carbocycles. The Balaban J connectivity index is 1.47. The zero-order valence-electron chi connectivity index (χ0n) is 22.2. The van der Waals surface area contributed by atoms with Gasteiger partial charge in [-0.1, -0.05) is 37.8 Å². The van der Waals surface area contributed by atoms with Crippen LogP contribution in [0.2, 0.25) is 0 Å². The van der Waals surface area contributed by atoms with Crippen LogP contribution in [-0.2, 0) is 10.3 Å². The normalized spacial score (nSPS) is 20.2. The number of carbonyl (C=O) groups is 1. The molecule has 1 heterocycles. The Kier molecular flexibility index (Phi) is 7.50. The summed E-state index contributed by atoms with van der Waals surface area (Å²) in [4.78, 5) is 22.1. The molecule has 7 heteroatoms. The van der Waals surface area contributed by atoms with Crippen molar-refractivity contribution in [1.29, 1.82) is 5.26 Å². The fourth-order valence-corrected chi connectivity index (χ4v) is 6.53.